The maximum absolute atomic E-state index is 13.5. The first-order valence-corrected chi connectivity index (χ1v) is 6.70. The smallest absolute Gasteiger partial charge is 0.203 e. The summed E-state index contributed by atoms with van der Waals surface area (Å²) in [6.45, 7) is 1.80. The van der Waals surface area contributed by atoms with Crippen LogP contribution in [0.15, 0.2) is 21.0 Å². The van der Waals surface area contributed by atoms with Crippen molar-refractivity contribution < 1.29 is 13.2 Å². The third-order valence-electron chi connectivity index (χ3n) is 2.12. The molecule has 2 aromatic rings. The van der Waals surface area contributed by atoms with Crippen LogP contribution in [0.25, 0.3) is 0 Å². The van der Waals surface area contributed by atoms with E-state index < -0.39 is 23.0 Å². The van der Waals surface area contributed by atoms with Crippen molar-refractivity contribution in [2.24, 2.45) is 5.10 Å². The van der Waals surface area contributed by atoms with Gasteiger partial charge in [0.2, 0.25) is 5.13 Å². The van der Waals surface area contributed by atoms with E-state index in [-0.39, 0.29) is 4.47 Å². The molecule has 0 unspecified atom stereocenters. The molecule has 100 valence electrons. The van der Waals surface area contributed by atoms with Crippen LogP contribution in [0.5, 0.6) is 0 Å². The highest BCUT2D eigenvalue weighted by molar-refractivity contribution is 9.10. The molecule has 0 atom stereocenters. The van der Waals surface area contributed by atoms with E-state index in [9.17, 15) is 13.2 Å². The van der Waals surface area contributed by atoms with E-state index in [2.05, 4.69) is 31.4 Å². The fourth-order valence-corrected chi connectivity index (χ4v) is 2.27. The van der Waals surface area contributed by atoms with Gasteiger partial charge < -0.3 is 0 Å². The van der Waals surface area contributed by atoms with Crippen molar-refractivity contribution >= 4 is 38.6 Å². The van der Waals surface area contributed by atoms with Crippen LogP contribution in [-0.4, -0.2) is 11.2 Å². The number of nitrogens with zero attached hydrogens (tertiary/aromatic N) is 2. The van der Waals surface area contributed by atoms with Gasteiger partial charge in [0.25, 0.3) is 0 Å². The quantitative estimate of drug-likeness (QED) is 0.392. The fraction of sp³-hybridized carbons (Fsp3) is 0.0909. The Morgan fingerprint density at radius 2 is 2.11 bits per heavy atom. The van der Waals surface area contributed by atoms with E-state index in [1.807, 2.05) is 0 Å². The third-order valence-corrected chi connectivity index (χ3v) is 3.56. The maximum Gasteiger partial charge on any atom is 0.203 e. The number of anilines is 1. The zero-order valence-corrected chi connectivity index (χ0v) is 11.9. The largest absolute Gasteiger partial charge is 0.253 e. The van der Waals surface area contributed by atoms with Crippen LogP contribution in [0.2, 0.25) is 0 Å². The molecule has 0 amide bonds. The number of halogens is 4. The topological polar surface area (TPSA) is 37.3 Å². The molecule has 2 rings (SSSR count). The van der Waals surface area contributed by atoms with E-state index in [0.29, 0.717) is 5.13 Å². The van der Waals surface area contributed by atoms with Gasteiger partial charge in [-0.15, -0.1) is 11.3 Å². The van der Waals surface area contributed by atoms with E-state index >= 15 is 0 Å². The Bertz CT molecular complexity index is 642. The Labute approximate surface area is 119 Å². The van der Waals surface area contributed by atoms with Gasteiger partial charge in [0.05, 0.1) is 21.9 Å². The second kappa shape index (κ2) is 5.70. The van der Waals surface area contributed by atoms with Crippen LogP contribution in [0, 0.1) is 24.4 Å². The molecular weight excluding hydrogens is 343 g/mol. The number of rotatable bonds is 3. The number of nitrogens with one attached hydrogen (secondary N) is 1. The normalized spacial score (nSPS) is 11.2. The molecule has 8 heteroatoms. The zero-order chi connectivity index (χ0) is 14.0. The molecule has 1 heterocycles. The molecule has 0 aliphatic carbocycles. The first kappa shape index (κ1) is 14.0. The number of hydrazone groups is 1. The summed E-state index contributed by atoms with van der Waals surface area (Å²) in [4.78, 5) is 4.04. The second-order valence-corrected chi connectivity index (χ2v) is 5.26. The molecule has 0 aliphatic rings. The van der Waals surface area contributed by atoms with Gasteiger partial charge in [-0.05, 0) is 28.9 Å². The monoisotopic (exact) mass is 349 g/mol. The Kier molecular flexibility index (Phi) is 4.20. The minimum Gasteiger partial charge on any atom is -0.253 e. The number of hydrogen-bond acceptors (Lipinski definition) is 4. The van der Waals surface area contributed by atoms with E-state index in [1.165, 1.54) is 11.3 Å². The van der Waals surface area contributed by atoms with E-state index in [1.54, 1.807) is 12.3 Å². The van der Waals surface area contributed by atoms with Crippen molar-refractivity contribution in [2.45, 2.75) is 6.92 Å². The number of benzene rings is 1. The number of aryl methyl sites for hydroxylation is 1. The molecule has 0 saturated carbocycles. The van der Waals surface area contributed by atoms with Crippen molar-refractivity contribution in [3.05, 3.63) is 44.6 Å². The minimum absolute atomic E-state index is 0.275. The fourth-order valence-electron chi connectivity index (χ4n) is 1.26. The van der Waals surface area contributed by atoms with Crippen LogP contribution in [0.1, 0.15) is 11.3 Å². The molecule has 0 saturated heterocycles. The lowest BCUT2D eigenvalue weighted by Crippen LogP contribution is -2.00. The van der Waals surface area contributed by atoms with Crippen LogP contribution in [0.3, 0.4) is 0 Å². The lowest BCUT2D eigenvalue weighted by molar-refractivity contribution is 0.488. The molecule has 3 nitrogen and oxygen atoms in total. The molecule has 1 aromatic carbocycles. The predicted octanol–water partition coefficient (Wildman–Crippen LogP) is 4.08. The Balaban J connectivity index is 2.21. The molecule has 0 radical (unpaired) electrons. The number of hydrogen-bond donors (Lipinski definition) is 1. The van der Waals surface area contributed by atoms with Crippen molar-refractivity contribution in [1.29, 1.82) is 0 Å². The van der Waals surface area contributed by atoms with Crippen molar-refractivity contribution in [3.8, 4) is 0 Å². The van der Waals surface area contributed by atoms with Gasteiger partial charge in [-0.1, -0.05) is 0 Å². The standard InChI is InChI=1S/C11H7BrF3N3S/c1-5-4-19-11(17-5)18-16-3-6-8(13)2-7(12)10(15)9(6)14/h2-4H,1H3,(H,17,18). The maximum atomic E-state index is 13.5. The average Bonchev–Trinajstić information content (AvgIpc) is 2.77. The van der Waals surface area contributed by atoms with Crippen LogP contribution in [-0.2, 0) is 0 Å². The lowest BCUT2D eigenvalue weighted by atomic mass is 10.2. The van der Waals surface area contributed by atoms with Crippen molar-refractivity contribution in [1.82, 2.24) is 4.98 Å². The van der Waals surface area contributed by atoms with Crippen molar-refractivity contribution in [2.75, 3.05) is 5.43 Å². The Morgan fingerprint density at radius 1 is 1.37 bits per heavy atom. The van der Waals surface area contributed by atoms with Gasteiger partial charge in [0.15, 0.2) is 11.6 Å². The van der Waals surface area contributed by atoms with Gasteiger partial charge in [-0.25, -0.2) is 18.2 Å². The lowest BCUT2D eigenvalue weighted by Gasteiger charge is -2.02. The van der Waals surface area contributed by atoms with Crippen LogP contribution in [0.4, 0.5) is 18.3 Å². The summed E-state index contributed by atoms with van der Waals surface area (Å²) >= 11 is 4.01. The third kappa shape index (κ3) is 3.13. The SMILES string of the molecule is Cc1csc(NN=Cc2c(F)cc(Br)c(F)c2F)n1. The van der Waals surface area contributed by atoms with Gasteiger partial charge in [0.1, 0.15) is 5.82 Å². The Morgan fingerprint density at radius 3 is 2.74 bits per heavy atom. The minimum atomic E-state index is -1.30. The van der Waals surface area contributed by atoms with Crippen molar-refractivity contribution in [3.63, 3.8) is 0 Å². The van der Waals surface area contributed by atoms with Crippen LogP contribution >= 0.6 is 27.3 Å². The number of thiazole rings is 1. The average molecular weight is 350 g/mol. The Hall–Kier alpha value is -1.41. The predicted molar refractivity (Wildman–Crippen MR) is 72.1 cm³/mol. The summed E-state index contributed by atoms with van der Waals surface area (Å²) in [5.74, 6) is -3.37. The molecular formula is C11H7BrF3N3S. The molecule has 0 bridgehead atoms. The van der Waals surface area contributed by atoms with Crippen LogP contribution < -0.4 is 5.43 Å². The van der Waals surface area contributed by atoms with Gasteiger partial charge >= 0.3 is 0 Å². The van der Waals surface area contributed by atoms with Gasteiger partial charge in [0, 0.05) is 5.38 Å². The van der Waals surface area contributed by atoms with Gasteiger partial charge in [-0.2, -0.15) is 5.10 Å². The molecule has 0 aliphatic heterocycles. The molecule has 1 N–H and O–H groups in total. The second-order valence-electron chi connectivity index (χ2n) is 3.55. The summed E-state index contributed by atoms with van der Waals surface area (Å²) in [7, 11) is 0. The summed E-state index contributed by atoms with van der Waals surface area (Å²) in [5.41, 5.74) is 2.76. The van der Waals surface area contributed by atoms with Gasteiger partial charge in [-0.3, -0.25) is 5.43 Å². The highest BCUT2D eigenvalue weighted by atomic mass is 79.9. The highest BCUT2D eigenvalue weighted by Gasteiger charge is 2.16. The summed E-state index contributed by atoms with van der Waals surface area (Å²) < 4.78 is 39.9. The zero-order valence-electron chi connectivity index (χ0n) is 9.55. The first-order valence-electron chi connectivity index (χ1n) is 5.03. The van der Waals surface area contributed by atoms with E-state index in [0.717, 1.165) is 18.0 Å². The number of aromatic nitrogens is 1. The molecule has 0 spiro atoms. The molecule has 0 fully saturated rings. The summed E-state index contributed by atoms with van der Waals surface area (Å²) in [5, 5.41) is 5.90. The molecule has 1 aromatic heterocycles. The summed E-state index contributed by atoms with van der Waals surface area (Å²) in [6, 6.07) is 0.841. The summed E-state index contributed by atoms with van der Waals surface area (Å²) in [6.07, 6.45) is 0.872. The molecule has 19 heavy (non-hydrogen) atoms. The van der Waals surface area contributed by atoms with E-state index in [4.69, 9.17) is 0 Å². The first-order chi connectivity index (χ1) is 8.99. The highest BCUT2D eigenvalue weighted by Crippen LogP contribution is 2.23.